The fourth-order valence-electron chi connectivity index (χ4n) is 4.67. The highest BCUT2D eigenvalue weighted by Crippen LogP contribution is 2.33. The molecule has 0 spiro atoms. The van der Waals surface area contributed by atoms with E-state index in [1.165, 1.54) is 28.7 Å². The third-order valence-electron chi connectivity index (χ3n) is 6.71. The van der Waals surface area contributed by atoms with E-state index in [1.807, 2.05) is 27.3 Å². The van der Waals surface area contributed by atoms with Gasteiger partial charge >= 0.3 is 6.18 Å². The number of thiophene rings is 1. The lowest BCUT2D eigenvalue weighted by Gasteiger charge is -2.36. The zero-order chi connectivity index (χ0) is 25.3. The number of piperazine rings is 1. The topological polar surface area (TPSA) is 56.8 Å². The SMILES string of the molecule is O=C(c1csc(C2CCN(C(=O)c3cccs3)CC2)n1)N1CCN(c2cccc(C(F)(F)F)c2)CC1. The van der Waals surface area contributed by atoms with Crippen LogP contribution in [0.4, 0.5) is 18.9 Å². The molecule has 190 valence electrons. The van der Waals surface area contributed by atoms with Gasteiger partial charge in [-0.25, -0.2) is 4.98 Å². The lowest BCUT2D eigenvalue weighted by Crippen LogP contribution is -2.49. The average molecular weight is 535 g/mol. The lowest BCUT2D eigenvalue weighted by molar-refractivity contribution is -0.137. The molecule has 0 aliphatic carbocycles. The Balaban J connectivity index is 1.15. The number of rotatable bonds is 4. The maximum Gasteiger partial charge on any atom is 0.416 e. The minimum atomic E-state index is -4.38. The number of carbonyl (C=O) groups excluding carboxylic acids is 2. The van der Waals surface area contributed by atoms with Crippen LogP contribution in [0.15, 0.2) is 47.2 Å². The third-order valence-corrected chi connectivity index (χ3v) is 8.58. The molecule has 5 rings (SSSR count). The standard InChI is InChI=1S/C25H25F3N4O2S2/c26-25(27,28)18-3-1-4-19(15-18)30-10-12-32(13-11-30)23(33)20-16-36-22(29-20)17-6-8-31(9-7-17)24(34)21-5-2-14-35-21/h1-5,14-17H,6-13H2. The molecule has 11 heteroatoms. The van der Waals surface area contributed by atoms with Crippen molar-refractivity contribution in [3.63, 3.8) is 0 Å². The number of likely N-dealkylation sites (tertiary alicyclic amines) is 1. The van der Waals surface area contributed by atoms with Gasteiger partial charge in [-0.05, 0) is 42.5 Å². The Morgan fingerprint density at radius 1 is 0.889 bits per heavy atom. The molecular formula is C25H25F3N4O2S2. The summed E-state index contributed by atoms with van der Waals surface area (Å²) in [6.45, 7) is 3.10. The number of aromatic nitrogens is 1. The van der Waals surface area contributed by atoms with Crippen LogP contribution in [-0.2, 0) is 6.18 Å². The molecule has 2 saturated heterocycles. The van der Waals surface area contributed by atoms with Crippen molar-refractivity contribution in [1.29, 1.82) is 0 Å². The van der Waals surface area contributed by atoms with Crippen molar-refractivity contribution >= 4 is 40.2 Å². The van der Waals surface area contributed by atoms with Crippen LogP contribution >= 0.6 is 22.7 Å². The molecule has 3 aromatic rings. The number of thiazole rings is 1. The Kier molecular flexibility index (Phi) is 7.03. The summed E-state index contributed by atoms with van der Waals surface area (Å²) in [5.74, 6) is 0.149. The second-order valence-electron chi connectivity index (χ2n) is 8.94. The molecule has 0 N–H and O–H groups in total. The van der Waals surface area contributed by atoms with Crippen molar-refractivity contribution in [1.82, 2.24) is 14.8 Å². The molecule has 2 aromatic heterocycles. The van der Waals surface area contributed by atoms with Crippen molar-refractivity contribution < 1.29 is 22.8 Å². The minimum absolute atomic E-state index is 0.0720. The van der Waals surface area contributed by atoms with E-state index in [2.05, 4.69) is 4.98 Å². The van der Waals surface area contributed by atoms with Gasteiger partial charge < -0.3 is 14.7 Å². The molecule has 0 radical (unpaired) electrons. The van der Waals surface area contributed by atoms with Crippen LogP contribution in [0.3, 0.4) is 0 Å². The van der Waals surface area contributed by atoms with Gasteiger partial charge in [-0.15, -0.1) is 22.7 Å². The summed E-state index contributed by atoms with van der Waals surface area (Å²) in [6, 6.07) is 9.02. The molecule has 4 heterocycles. The maximum atomic E-state index is 13.0. The Morgan fingerprint density at radius 3 is 2.28 bits per heavy atom. The molecule has 0 atom stereocenters. The van der Waals surface area contributed by atoms with Gasteiger partial charge in [0.05, 0.1) is 15.4 Å². The highest BCUT2D eigenvalue weighted by atomic mass is 32.1. The summed E-state index contributed by atoms with van der Waals surface area (Å²) in [5.41, 5.74) is 0.256. The van der Waals surface area contributed by atoms with Gasteiger partial charge in [-0.1, -0.05) is 12.1 Å². The molecular weight excluding hydrogens is 509 g/mol. The summed E-state index contributed by atoms with van der Waals surface area (Å²) in [7, 11) is 0. The van der Waals surface area contributed by atoms with Crippen molar-refractivity contribution in [2.24, 2.45) is 0 Å². The predicted octanol–water partition coefficient (Wildman–Crippen LogP) is 5.21. The minimum Gasteiger partial charge on any atom is -0.368 e. The molecule has 2 aliphatic rings. The van der Waals surface area contributed by atoms with Gasteiger partial charge in [0.25, 0.3) is 11.8 Å². The second-order valence-corrected chi connectivity index (χ2v) is 10.8. The van der Waals surface area contributed by atoms with Crippen molar-refractivity contribution in [2.75, 3.05) is 44.2 Å². The zero-order valence-corrected chi connectivity index (χ0v) is 21.0. The van der Waals surface area contributed by atoms with Gasteiger partial charge in [0.1, 0.15) is 5.69 Å². The summed E-state index contributed by atoms with van der Waals surface area (Å²) in [4.78, 5) is 36.5. The first-order valence-corrected chi connectivity index (χ1v) is 13.6. The van der Waals surface area contributed by atoms with E-state index >= 15 is 0 Å². The van der Waals surface area contributed by atoms with E-state index in [1.54, 1.807) is 16.3 Å². The van der Waals surface area contributed by atoms with E-state index in [9.17, 15) is 22.8 Å². The van der Waals surface area contributed by atoms with Crippen LogP contribution in [0, 0.1) is 0 Å². The fourth-order valence-corrected chi connectivity index (χ4v) is 6.32. The number of anilines is 1. The Bertz CT molecular complexity index is 1210. The van der Waals surface area contributed by atoms with Crippen LogP contribution in [0.2, 0.25) is 0 Å². The first-order valence-electron chi connectivity index (χ1n) is 11.8. The Morgan fingerprint density at radius 2 is 1.61 bits per heavy atom. The van der Waals surface area contributed by atoms with Crippen molar-refractivity contribution in [3.8, 4) is 0 Å². The number of hydrogen-bond acceptors (Lipinski definition) is 6. The molecule has 6 nitrogen and oxygen atoms in total. The van der Waals surface area contributed by atoms with Crippen molar-refractivity contribution in [3.05, 3.63) is 68.3 Å². The number of nitrogens with zero attached hydrogens (tertiary/aromatic N) is 4. The summed E-state index contributed by atoms with van der Waals surface area (Å²) in [5, 5.41) is 4.61. The Labute approximate surface area is 215 Å². The van der Waals surface area contributed by atoms with Crippen LogP contribution < -0.4 is 4.90 Å². The van der Waals surface area contributed by atoms with Crippen LogP contribution in [-0.4, -0.2) is 65.9 Å². The highest BCUT2D eigenvalue weighted by molar-refractivity contribution is 7.12. The van der Waals surface area contributed by atoms with Crippen LogP contribution in [0.25, 0.3) is 0 Å². The monoisotopic (exact) mass is 534 g/mol. The summed E-state index contributed by atoms with van der Waals surface area (Å²) < 4.78 is 39.1. The number of alkyl halides is 3. The van der Waals surface area contributed by atoms with E-state index in [4.69, 9.17) is 0 Å². The predicted molar refractivity (Wildman–Crippen MR) is 134 cm³/mol. The van der Waals surface area contributed by atoms with E-state index < -0.39 is 11.7 Å². The lowest BCUT2D eigenvalue weighted by atomic mass is 9.97. The number of carbonyl (C=O) groups is 2. The smallest absolute Gasteiger partial charge is 0.368 e. The fraction of sp³-hybridized carbons (Fsp3) is 0.400. The van der Waals surface area contributed by atoms with Crippen molar-refractivity contribution in [2.45, 2.75) is 24.9 Å². The van der Waals surface area contributed by atoms with Crippen LogP contribution in [0.1, 0.15) is 49.5 Å². The number of amides is 2. The molecule has 0 unspecified atom stereocenters. The normalized spacial score (nSPS) is 17.5. The number of piperidine rings is 1. The second kappa shape index (κ2) is 10.2. The molecule has 0 saturated carbocycles. The first-order chi connectivity index (χ1) is 17.3. The van der Waals surface area contributed by atoms with E-state index in [0.717, 1.165) is 34.9 Å². The molecule has 2 fully saturated rings. The largest absolute Gasteiger partial charge is 0.416 e. The highest BCUT2D eigenvalue weighted by Gasteiger charge is 2.32. The summed E-state index contributed by atoms with van der Waals surface area (Å²) >= 11 is 2.93. The molecule has 0 bridgehead atoms. The number of benzene rings is 1. The van der Waals surface area contributed by atoms with Crippen LogP contribution in [0.5, 0.6) is 0 Å². The average Bonchev–Trinajstić information content (AvgIpc) is 3.61. The maximum absolute atomic E-state index is 13.0. The quantitative estimate of drug-likeness (QED) is 0.462. The summed E-state index contributed by atoms with van der Waals surface area (Å²) in [6.07, 6.45) is -2.76. The molecule has 1 aromatic carbocycles. The van der Waals surface area contributed by atoms with Gasteiger partial charge in [-0.3, -0.25) is 9.59 Å². The Hall–Kier alpha value is -2.92. The van der Waals surface area contributed by atoms with Gasteiger partial charge in [0.15, 0.2) is 0 Å². The van der Waals surface area contributed by atoms with E-state index in [0.29, 0.717) is 50.6 Å². The number of halogens is 3. The first kappa shape index (κ1) is 24.8. The molecule has 2 aliphatic heterocycles. The molecule has 36 heavy (non-hydrogen) atoms. The van der Waals surface area contributed by atoms with Gasteiger partial charge in [-0.2, -0.15) is 13.2 Å². The van der Waals surface area contributed by atoms with E-state index in [-0.39, 0.29) is 17.7 Å². The van der Waals surface area contributed by atoms with Gasteiger partial charge in [0.2, 0.25) is 0 Å². The van der Waals surface area contributed by atoms with Gasteiger partial charge in [0, 0.05) is 56.3 Å². The molecule has 2 amide bonds. The zero-order valence-electron chi connectivity index (χ0n) is 19.4. The number of hydrogen-bond donors (Lipinski definition) is 0. The third kappa shape index (κ3) is 5.27.